The number of aryl methyl sites for hydroxylation is 1. The summed E-state index contributed by atoms with van der Waals surface area (Å²) in [5, 5.41) is 0. The third kappa shape index (κ3) is 4.65. The minimum atomic E-state index is -6.00. The van der Waals surface area contributed by atoms with Crippen LogP contribution in [0.1, 0.15) is 5.56 Å². The molecule has 0 fully saturated rings. The van der Waals surface area contributed by atoms with E-state index < -0.39 is 7.25 Å². The van der Waals surface area contributed by atoms with E-state index in [1.807, 2.05) is 11.8 Å². The lowest BCUT2D eigenvalue weighted by Crippen LogP contribution is -2.10. The van der Waals surface area contributed by atoms with Gasteiger partial charge >= 0.3 is 7.25 Å². The molecule has 0 atom stereocenters. The molecule has 0 unspecified atom stereocenters. The quantitative estimate of drug-likeness (QED) is 0.193. The highest BCUT2D eigenvalue weighted by Crippen LogP contribution is 2.47. The average Bonchev–Trinajstić information content (AvgIpc) is 2.59. The number of rotatable bonds is 1. The Hall–Kier alpha value is -1.86. The van der Waals surface area contributed by atoms with Gasteiger partial charge in [-0.25, -0.2) is 0 Å². The molecule has 1 heterocycles. The van der Waals surface area contributed by atoms with Crippen molar-refractivity contribution in [3.05, 3.63) is 78.4 Å². The van der Waals surface area contributed by atoms with Gasteiger partial charge in [0.15, 0.2) is 14.7 Å². The summed E-state index contributed by atoms with van der Waals surface area (Å²) in [4.78, 5) is 7.08. The van der Waals surface area contributed by atoms with Gasteiger partial charge in [0.2, 0.25) is 0 Å². The fourth-order valence-corrected chi connectivity index (χ4v) is 6.31. The molecular formula is C19H15BF4S2. The molecule has 0 saturated carbocycles. The largest absolute Gasteiger partial charge is 0.673 e. The molecule has 3 aromatic rings. The monoisotopic (exact) mass is 394 g/mol. The van der Waals surface area contributed by atoms with Crippen LogP contribution in [0.5, 0.6) is 0 Å². The third-order valence-corrected chi connectivity index (χ3v) is 7.36. The second kappa shape index (κ2) is 7.80. The lowest BCUT2D eigenvalue weighted by Gasteiger charge is -2.18. The molecule has 1 aliphatic rings. The van der Waals surface area contributed by atoms with E-state index in [9.17, 15) is 17.3 Å². The SMILES string of the molecule is Cc1ccc([S+]2c3ccccc3Sc3ccccc32)cc1.F[B-](F)(F)F. The van der Waals surface area contributed by atoms with Crippen LogP contribution in [0.4, 0.5) is 17.3 Å². The van der Waals surface area contributed by atoms with Gasteiger partial charge in [-0.1, -0.05) is 53.7 Å². The van der Waals surface area contributed by atoms with Crippen LogP contribution in [0.25, 0.3) is 0 Å². The molecule has 4 rings (SSSR count). The second-order valence-corrected chi connectivity index (χ2v) is 8.66. The van der Waals surface area contributed by atoms with E-state index in [0.717, 1.165) is 0 Å². The lowest BCUT2D eigenvalue weighted by atomic mass is 10.2. The Morgan fingerprint density at radius 1 is 0.692 bits per heavy atom. The van der Waals surface area contributed by atoms with Crippen molar-refractivity contribution in [2.24, 2.45) is 0 Å². The molecule has 134 valence electrons. The summed E-state index contributed by atoms with van der Waals surface area (Å²) in [6.45, 7) is 2.14. The highest BCUT2D eigenvalue weighted by molar-refractivity contribution is 8.04. The topological polar surface area (TPSA) is 0 Å². The zero-order chi connectivity index (χ0) is 18.7. The van der Waals surface area contributed by atoms with Crippen molar-refractivity contribution < 1.29 is 17.3 Å². The van der Waals surface area contributed by atoms with E-state index in [1.54, 1.807) is 0 Å². The first-order valence-corrected chi connectivity index (χ1v) is 9.91. The Balaban J connectivity index is 0.000000349. The molecule has 7 heteroatoms. The summed E-state index contributed by atoms with van der Waals surface area (Å²) in [6.07, 6.45) is 0. The highest BCUT2D eigenvalue weighted by atomic mass is 32.2. The molecule has 0 bridgehead atoms. The van der Waals surface area contributed by atoms with Crippen LogP contribution in [0.3, 0.4) is 0 Å². The first-order valence-electron chi connectivity index (χ1n) is 7.87. The van der Waals surface area contributed by atoms with Crippen LogP contribution in [-0.2, 0) is 10.9 Å². The maximum absolute atomic E-state index is 9.75. The second-order valence-electron chi connectivity index (χ2n) is 5.61. The van der Waals surface area contributed by atoms with Gasteiger partial charge in [0.05, 0.1) is 9.79 Å². The molecule has 1 aliphatic heterocycles. The molecule has 0 N–H and O–H groups in total. The Morgan fingerprint density at radius 2 is 1.12 bits per heavy atom. The third-order valence-electron chi connectivity index (χ3n) is 3.61. The Labute approximate surface area is 157 Å². The minimum absolute atomic E-state index is 0.0130. The van der Waals surface area contributed by atoms with Gasteiger partial charge in [0, 0.05) is 0 Å². The van der Waals surface area contributed by atoms with Crippen molar-refractivity contribution in [3.63, 3.8) is 0 Å². The fraction of sp³-hybridized carbons (Fsp3) is 0.0526. The van der Waals surface area contributed by atoms with Crippen LogP contribution in [0.15, 0.2) is 97.3 Å². The molecule has 3 aromatic carbocycles. The van der Waals surface area contributed by atoms with Crippen LogP contribution < -0.4 is 0 Å². The van der Waals surface area contributed by atoms with E-state index in [0.29, 0.717) is 0 Å². The summed E-state index contributed by atoms with van der Waals surface area (Å²) >= 11 is 1.89. The summed E-state index contributed by atoms with van der Waals surface area (Å²) in [5.41, 5.74) is 1.32. The average molecular weight is 394 g/mol. The molecule has 0 spiro atoms. The van der Waals surface area contributed by atoms with Crippen molar-refractivity contribution >= 4 is 29.9 Å². The van der Waals surface area contributed by atoms with Gasteiger partial charge in [-0.2, -0.15) is 0 Å². The first-order chi connectivity index (χ1) is 12.3. The van der Waals surface area contributed by atoms with Gasteiger partial charge in [-0.15, -0.1) is 0 Å². The first kappa shape index (κ1) is 18.9. The highest BCUT2D eigenvalue weighted by Gasteiger charge is 2.37. The van der Waals surface area contributed by atoms with Gasteiger partial charge < -0.3 is 17.3 Å². The van der Waals surface area contributed by atoms with Gasteiger partial charge in [0.1, 0.15) is 10.9 Å². The maximum Gasteiger partial charge on any atom is 0.673 e. The number of fused-ring (bicyclic) bond motifs is 2. The van der Waals surface area contributed by atoms with Crippen LogP contribution in [0.2, 0.25) is 0 Å². The van der Waals surface area contributed by atoms with Crippen molar-refractivity contribution in [2.45, 2.75) is 31.4 Å². The van der Waals surface area contributed by atoms with Crippen LogP contribution in [0, 0.1) is 6.92 Å². The molecule has 0 aliphatic carbocycles. The molecular weight excluding hydrogens is 379 g/mol. The number of hydrogen-bond donors (Lipinski definition) is 0. The number of halogens is 4. The van der Waals surface area contributed by atoms with Gasteiger partial charge in [-0.05, 0) is 43.3 Å². The lowest BCUT2D eigenvalue weighted by molar-refractivity contribution is 0.368. The molecule has 0 aromatic heterocycles. The van der Waals surface area contributed by atoms with Gasteiger partial charge in [0.25, 0.3) is 0 Å². The van der Waals surface area contributed by atoms with Gasteiger partial charge in [-0.3, -0.25) is 0 Å². The van der Waals surface area contributed by atoms with Crippen molar-refractivity contribution in [2.75, 3.05) is 0 Å². The standard InChI is InChI=1S/C19H15S2.BF4/c1-14-10-12-15(13-11-14)21-18-8-4-2-6-16(18)20-17-7-3-5-9-19(17)21;2-1(3,4)5/h2-13H,1H3;/q+1;-1. The summed E-state index contributed by atoms with van der Waals surface area (Å²) < 4.78 is 39.0. The zero-order valence-corrected chi connectivity index (χ0v) is 15.5. The number of hydrogen-bond acceptors (Lipinski definition) is 1. The van der Waals surface area contributed by atoms with Crippen LogP contribution in [-0.4, -0.2) is 7.25 Å². The predicted molar refractivity (Wildman–Crippen MR) is 101 cm³/mol. The van der Waals surface area contributed by atoms with E-state index in [4.69, 9.17) is 0 Å². The van der Waals surface area contributed by atoms with E-state index >= 15 is 0 Å². The molecule has 0 amide bonds. The van der Waals surface area contributed by atoms with E-state index in [2.05, 4.69) is 79.7 Å². The van der Waals surface area contributed by atoms with Crippen LogP contribution >= 0.6 is 11.8 Å². The molecule has 0 radical (unpaired) electrons. The molecule has 26 heavy (non-hydrogen) atoms. The fourth-order valence-electron chi connectivity index (χ4n) is 2.57. The van der Waals surface area contributed by atoms with Crippen molar-refractivity contribution in [1.82, 2.24) is 0 Å². The summed E-state index contributed by atoms with van der Waals surface area (Å²) in [5.74, 6) is 0. The predicted octanol–water partition coefficient (Wildman–Crippen LogP) is 6.86. The zero-order valence-electron chi connectivity index (χ0n) is 13.8. The van der Waals surface area contributed by atoms with Crippen molar-refractivity contribution in [1.29, 1.82) is 0 Å². The number of benzene rings is 3. The molecule has 0 saturated heterocycles. The Bertz CT molecular complexity index is 843. The Morgan fingerprint density at radius 3 is 1.58 bits per heavy atom. The maximum atomic E-state index is 9.75. The summed E-state index contributed by atoms with van der Waals surface area (Å²) in [6, 6.07) is 26.6. The van der Waals surface area contributed by atoms with Crippen molar-refractivity contribution in [3.8, 4) is 0 Å². The van der Waals surface area contributed by atoms with E-state index in [-0.39, 0.29) is 10.9 Å². The summed E-state index contributed by atoms with van der Waals surface area (Å²) in [7, 11) is -5.99. The normalized spacial score (nSPS) is 13.3. The Kier molecular flexibility index (Phi) is 5.68. The van der Waals surface area contributed by atoms with E-state index in [1.165, 1.54) is 30.0 Å². The minimum Gasteiger partial charge on any atom is -0.418 e. The molecule has 0 nitrogen and oxygen atoms in total. The smallest absolute Gasteiger partial charge is 0.418 e.